The SMILES string of the molecule is O=c1nc(N2CCN(c3ccc(F)cc3)CC2)ncn1Cn1nccc1C(F)(F)F. The van der Waals surface area contributed by atoms with Crippen molar-refractivity contribution in [3.05, 3.63) is 64.9 Å². The molecule has 1 aliphatic rings. The van der Waals surface area contributed by atoms with Crippen molar-refractivity contribution < 1.29 is 17.6 Å². The highest BCUT2D eigenvalue weighted by Gasteiger charge is 2.34. The number of piperazine rings is 1. The molecule has 0 amide bonds. The third-order valence-corrected chi connectivity index (χ3v) is 4.80. The van der Waals surface area contributed by atoms with Crippen LogP contribution in [-0.2, 0) is 12.8 Å². The lowest BCUT2D eigenvalue weighted by atomic mass is 10.2. The van der Waals surface area contributed by atoms with E-state index in [1.54, 1.807) is 12.1 Å². The van der Waals surface area contributed by atoms with Crippen LogP contribution >= 0.6 is 0 Å². The van der Waals surface area contributed by atoms with Gasteiger partial charge in [-0.1, -0.05) is 0 Å². The summed E-state index contributed by atoms with van der Waals surface area (Å²) in [4.78, 5) is 24.2. The molecule has 12 heteroatoms. The number of halogens is 4. The Morgan fingerprint density at radius 1 is 0.967 bits per heavy atom. The molecule has 1 fully saturated rings. The summed E-state index contributed by atoms with van der Waals surface area (Å²) in [7, 11) is 0. The zero-order valence-electron chi connectivity index (χ0n) is 15.6. The lowest BCUT2D eigenvalue weighted by Crippen LogP contribution is -2.47. The third kappa shape index (κ3) is 4.11. The number of hydrogen-bond acceptors (Lipinski definition) is 6. The molecule has 0 bridgehead atoms. The Bertz CT molecular complexity index is 1070. The topological polar surface area (TPSA) is 72.1 Å². The smallest absolute Gasteiger partial charge is 0.368 e. The molecule has 1 saturated heterocycles. The van der Waals surface area contributed by atoms with Gasteiger partial charge >= 0.3 is 11.9 Å². The van der Waals surface area contributed by atoms with Crippen molar-refractivity contribution in [1.29, 1.82) is 0 Å². The monoisotopic (exact) mass is 423 g/mol. The molecule has 1 aliphatic heterocycles. The van der Waals surface area contributed by atoms with Gasteiger partial charge in [0.1, 0.15) is 24.5 Å². The molecule has 1 aromatic carbocycles. The Hall–Kier alpha value is -3.44. The van der Waals surface area contributed by atoms with E-state index >= 15 is 0 Å². The molecule has 4 rings (SSSR count). The van der Waals surface area contributed by atoms with Crippen molar-refractivity contribution >= 4 is 11.6 Å². The minimum absolute atomic E-state index is 0.214. The summed E-state index contributed by atoms with van der Waals surface area (Å²) in [6.07, 6.45) is -2.40. The predicted octanol–water partition coefficient (Wildman–Crippen LogP) is 1.83. The van der Waals surface area contributed by atoms with Gasteiger partial charge < -0.3 is 9.80 Å². The van der Waals surface area contributed by atoms with Crippen LogP contribution in [0.2, 0.25) is 0 Å². The number of benzene rings is 1. The van der Waals surface area contributed by atoms with Gasteiger partial charge in [-0.15, -0.1) is 0 Å². The maximum atomic E-state index is 13.1. The molecule has 8 nitrogen and oxygen atoms in total. The highest BCUT2D eigenvalue weighted by atomic mass is 19.4. The quantitative estimate of drug-likeness (QED) is 0.597. The number of nitrogens with zero attached hydrogens (tertiary/aromatic N) is 7. The molecule has 0 atom stereocenters. The van der Waals surface area contributed by atoms with E-state index in [1.165, 1.54) is 18.5 Å². The molecule has 0 unspecified atom stereocenters. The van der Waals surface area contributed by atoms with Gasteiger partial charge in [0.15, 0.2) is 0 Å². The van der Waals surface area contributed by atoms with E-state index in [-0.39, 0.29) is 11.8 Å². The largest absolute Gasteiger partial charge is 0.433 e. The van der Waals surface area contributed by atoms with Crippen LogP contribution in [-0.4, -0.2) is 50.5 Å². The molecule has 0 N–H and O–H groups in total. The van der Waals surface area contributed by atoms with Gasteiger partial charge in [0.25, 0.3) is 0 Å². The minimum atomic E-state index is -4.58. The van der Waals surface area contributed by atoms with Gasteiger partial charge in [0.05, 0.1) is 0 Å². The van der Waals surface area contributed by atoms with Crippen LogP contribution in [0, 0.1) is 5.82 Å². The molecule has 3 aromatic rings. The lowest BCUT2D eigenvalue weighted by molar-refractivity contribution is -0.144. The van der Waals surface area contributed by atoms with Crippen molar-refractivity contribution in [2.24, 2.45) is 0 Å². The Morgan fingerprint density at radius 2 is 1.63 bits per heavy atom. The maximum Gasteiger partial charge on any atom is 0.433 e. The van der Waals surface area contributed by atoms with Crippen LogP contribution in [0.15, 0.2) is 47.7 Å². The van der Waals surface area contributed by atoms with Crippen LogP contribution < -0.4 is 15.5 Å². The predicted molar refractivity (Wildman–Crippen MR) is 99.7 cm³/mol. The summed E-state index contributed by atoms with van der Waals surface area (Å²) in [5.41, 5.74) is -0.785. The highest BCUT2D eigenvalue weighted by molar-refractivity contribution is 5.48. The molecule has 3 heterocycles. The van der Waals surface area contributed by atoms with E-state index < -0.39 is 24.2 Å². The van der Waals surface area contributed by atoms with Crippen molar-refractivity contribution in [1.82, 2.24) is 24.3 Å². The van der Waals surface area contributed by atoms with Crippen molar-refractivity contribution in [3.63, 3.8) is 0 Å². The Kier molecular flexibility index (Phi) is 5.14. The van der Waals surface area contributed by atoms with Crippen LogP contribution in [0.25, 0.3) is 0 Å². The van der Waals surface area contributed by atoms with Gasteiger partial charge in [-0.25, -0.2) is 18.9 Å². The zero-order chi connectivity index (χ0) is 21.3. The second-order valence-corrected chi connectivity index (χ2v) is 6.71. The van der Waals surface area contributed by atoms with Gasteiger partial charge in [0, 0.05) is 38.1 Å². The number of alkyl halides is 3. The zero-order valence-corrected chi connectivity index (χ0v) is 15.6. The summed E-state index contributed by atoms with van der Waals surface area (Å²) in [5, 5.41) is 3.62. The first-order chi connectivity index (χ1) is 14.3. The van der Waals surface area contributed by atoms with Gasteiger partial charge in [0.2, 0.25) is 5.95 Å². The number of rotatable bonds is 4. The Morgan fingerprint density at radius 3 is 2.27 bits per heavy atom. The van der Waals surface area contributed by atoms with Crippen LogP contribution in [0.5, 0.6) is 0 Å². The van der Waals surface area contributed by atoms with E-state index in [9.17, 15) is 22.4 Å². The summed E-state index contributed by atoms with van der Waals surface area (Å²) in [6, 6.07) is 7.03. The number of hydrogen-bond donors (Lipinski definition) is 0. The molecule has 0 radical (unpaired) electrons. The number of anilines is 2. The Balaban J connectivity index is 1.44. The molecular weight excluding hydrogens is 406 g/mol. The summed E-state index contributed by atoms with van der Waals surface area (Å²) < 4.78 is 53.6. The lowest BCUT2D eigenvalue weighted by Gasteiger charge is -2.36. The molecule has 158 valence electrons. The number of aromatic nitrogens is 5. The van der Waals surface area contributed by atoms with E-state index in [4.69, 9.17) is 0 Å². The fourth-order valence-corrected chi connectivity index (χ4v) is 3.25. The first-order valence-electron chi connectivity index (χ1n) is 9.09. The summed E-state index contributed by atoms with van der Waals surface area (Å²) in [5.74, 6) is -0.0877. The van der Waals surface area contributed by atoms with Crippen LogP contribution in [0.3, 0.4) is 0 Å². The second-order valence-electron chi connectivity index (χ2n) is 6.71. The van der Waals surface area contributed by atoms with E-state index in [2.05, 4.69) is 20.0 Å². The maximum absolute atomic E-state index is 13.1. The van der Waals surface area contributed by atoms with E-state index in [0.717, 1.165) is 22.5 Å². The fraction of sp³-hybridized carbons (Fsp3) is 0.333. The summed E-state index contributed by atoms with van der Waals surface area (Å²) >= 11 is 0. The van der Waals surface area contributed by atoms with Gasteiger partial charge in [-0.05, 0) is 30.3 Å². The standard InChI is InChI=1S/C18H17F4N7O/c19-13-1-3-14(4-2-13)26-7-9-27(10-8-26)16-23-11-28(17(30)25-16)12-29-15(5-6-24-29)18(20,21)22/h1-6,11H,7-10,12H2. The highest BCUT2D eigenvalue weighted by Crippen LogP contribution is 2.28. The van der Waals surface area contributed by atoms with E-state index in [0.29, 0.717) is 30.9 Å². The Labute approximate surface area is 168 Å². The van der Waals surface area contributed by atoms with Crippen LogP contribution in [0.1, 0.15) is 5.69 Å². The molecule has 30 heavy (non-hydrogen) atoms. The first kappa shape index (κ1) is 19.9. The molecule has 0 saturated carbocycles. The normalized spacial score (nSPS) is 14.9. The molecular formula is C18H17F4N7O. The molecule has 0 aliphatic carbocycles. The first-order valence-corrected chi connectivity index (χ1v) is 9.09. The third-order valence-electron chi connectivity index (χ3n) is 4.80. The average Bonchev–Trinajstić information content (AvgIpc) is 3.19. The second kappa shape index (κ2) is 7.76. The fourth-order valence-electron chi connectivity index (χ4n) is 3.25. The molecule has 0 spiro atoms. The van der Waals surface area contributed by atoms with Crippen molar-refractivity contribution in [3.8, 4) is 0 Å². The average molecular weight is 423 g/mol. The van der Waals surface area contributed by atoms with Crippen molar-refractivity contribution in [2.45, 2.75) is 12.8 Å². The van der Waals surface area contributed by atoms with Gasteiger partial charge in [-0.3, -0.25) is 4.57 Å². The minimum Gasteiger partial charge on any atom is -0.368 e. The summed E-state index contributed by atoms with van der Waals surface area (Å²) in [6.45, 7) is 1.89. The van der Waals surface area contributed by atoms with Crippen molar-refractivity contribution in [2.75, 3.05) is 36.0 Å². The van der Waals surface area contributed by atoms with Gasteiger partial charge in [-0.2, -0.15) is 23.3 Å². The molecule has 2 aromatic heterocycles. The van der Waals surface area contributed by atoms with E-state index in [1.807, 2.05) is 4.90 Å². The van der Waals surface area contributed by atoms with Crippen LogP contribution in [0.4, 0.5) is 29.2 Å².